The van der Waals surface area contributed by atoms with Crippen LogP contribution < -0.4 is 4.90 Å². The van der Waals surface area contributed by atoms with E-state index in [1.165, 1.54) is 18.4 Å². The maximum atomic E-state index is 11.5. The lowest BCUT2D eigenvalue weighted by molar-refractivity contribution is 0.0606. The number of carbonyl (C=O) groups is 1. The summed E-state index contributed by atoms with van der Waals surface area (Å²) in [5, 5.41) is 1.48. The Bertz CT molecular complexity index is 631. The van der Waals surface area contributed by atoms with Crippen LogP contribution in [0, 0.1) is 0 Å². The van der Waals surface area contributed by atoms with Crippen LogP contribution in [-0.4, -0.2) is 25.1 Å². The van der Waals surface area contributed by atoms with Crippen molar-refractivity contribution in [1.29, 1.82) is 0 Å². The Kier molecular flexibility index (Phi) is 4.86. The molecular weight excluding hydrogens is 319 g/mol. The summed E-state index contributed by atoms with van der Waals surface area (Å²) < 4.78 is 4.65. The number of esters is 1. The zero-order chi connectivity index (χ0) is 14.7. The molecule has 0 aliphatic carbocycles. The van der Waals surface area contributed by atoms with Crippen LogP contribution in [0.15, 0.2) is 24.3 Å². The third kappa shape index (κ3) is 3.23. The lowest BCUT2D eigenvalue weighted by Crippen LogP contribution is -2.16. The molecule has 0 fully saturated rings. The molecule has 1 heterocycles. The summed E-state index contributed by atoms with van der Waals surface area (Å²) >= 11 is 13.3. The number of nitrogens with zero attached hydrogens (tertiary/aromatic N) is 2. The van der Waals surface area contributed by atoms with Gasteiger partial charge in [-0.3, -0.25) is 0 Å². The average Bonchev–Trinajstić information content (AvgIpc) is 2.82. The first-order chi connectivity index (χ1) is 9.52. The molecule has 2 rings (SSSR count). The van der Waals surface area contributed by atoms with Crippen LogP contribution in [0.25, 0.3) is 0 Å². The molecule has 4 nitrogen and oxygen atoms in total. The smallest absolute Gasteiger partial charge is 0.351 e. The molecule has 0 N–H and O–H groups in total. The molecule has 1 aromatic carbocycles. The predicted octanol–water partition coefficient (Wildman–Crippen LogP) is 3.87. The molecule has 0 saturated heterocycles. The molecule has 0 bridgehead atoms. The standard InChI is InChI=1S/C13H12Cl2N2O2S/c1-17(7-8-5-3-4-6-9(8)14)13-16-11(15)10(20-13)12(18)19-2/h3-6H,7H2,1-2H3. The quantitative estimate of drug-likeness (QED) is 0.798. The van der Waals surface area contributed by atoms with E-state index in [2.05, 4.69) is 9.72 Å². The van der Waals surface area contributed by atoms with Gasteiger partial charge in [0.1, 0.15) is 0 Å². The van der Waals surface area contributed by atoms with Crippen LogP contribution >= 0.6 is 34.5 Å². The Morgan fingerprint density at radius 2 is 2.10 bits per heavy atom. The van der Waals surface area contributed by atoms with Gasteiger partial charge < -0.3 is 9.64 Å². The zero-order valence-electron chi connectivity index (χ0n) is 10.9. The van der Waals surface area contributed by atoms with Crippen molar-refractivity contribution in [3.8, 4) is 0 Å². The molecule has 106 valence electrons. The predicted molar refractivity (Wildman–Crippen MR) is 82.0 cm³/mol. The van der Waals surface area contributed by atoms with Gasteiger partial charge >= 0.3 is 5.97 Å². The third-order valence-corrected chi connectivity index (χ3v) is 4.54. The second kappa shape index (κ2) is 6.43. The summed E-state index contributed by atoms with van der Waals surface area (Å²) in [4.78, 5) is 17.9. The maximum Gasteiger partial charge on any atom is 0.351 e. The molecule has 0 aliphatic heterocycles. The van der Waals surface area contributed by atoms with Crippen LogP contribution in [0.2, 0.25) is 10.2 Å². The molecule has 0 atom stereocenters. The van der Waals surface area contributed by atoms with Crippen molar-refractivity contribution < 1.29 is 9.53 Å². The second-order valence-corrected chi connectivity index (χ2v) is 5.80. The Hall–Kier alpha value is -1.30. The highest BCUT2D eigenvalue weighted by atomic mass is 35.5. The number of carbonyl (C=O) groups excluding carboxylic acids is 1. The van der Waals surface area contributed by atoms with Gasteiger partial charge in [0.05, 0.1) is 7.11 Å². The van der Waals surface area contributed by atoms with E-state index in [4.69, 9.17) is 23.2 Å². The van der Waals surface area contributed by atoms with Gasteiger partial charge in [-0.15, -0.1) is 0 Å². The van der Waals surface area contributed by atoms with E-state index in [9.17, 15) is 4.79 Å². The van der Waals surface area contributed by atoms with Crippen molar-refractivity contribution in [3.63, 3.8) is 0 Å². The monoisotopic (exact) mass is 330 g/mol. The summed E-state index contributed by atoms with van der Waals surface area (Å²) in [7, 11) is 3.17. The van der Waals surface area contributed by atoms with Crippen molar-refractivity contribution in [2.75, 3.05) is 19.1 Å². The number of methoxy groups -OCH3 is 1. The Balaban J connectivity index is 2.20. The topological polar surface area (TPSA) is 42.4 Å². The van der Waals surface area contributed by atoms with Gasteiger partial charge in [-0.05, 0) is 11.6 Å². The summed E-state index contributed by atoms with van der Waals surface area (Å²) in [5.41, 5.74) is 0.975. The molecule has 0 radical (unpaired) electrons. The minimum Gasteiger partial charge on any atom is -0.465 e. The van der Waals surface area contributed by atoms with E-state index in [1.807, 2.05) is 36.2 Å². The van der Waals surface area contributed by atoms with Crippen molar-refractivity contribution in [2.24, 2.45) is 0 Å². The number of rotatable bonds is 4. The number of hydrogen-bond donors (Lipinski definition) is 0. The van der Waals surface area contributed by atoms with Crippen LogP contribution in [0.3, 0.4) is 0 Å². The number of benzene rings is 1. The molecule has 0 aliphatic rings. The second-order valence-electron chi connectivity index (χ2n) is 4.06. The molecule has 0 amide bonds. The first-order valence-corrected chi connectivity index (χ1v) is 7.29. The minimum atomic E-state index is -0.482. The van der Waals surface area contributed by atoms with Crippen LogP contribution in [0.4, 0.5) is 5.13 Å². The summed E-state index contributed by atoms with van der Waals surface area (Å²) in [6.07, 6.45) is 0. The van der Waals surface area contributed by atoms with Gasteiger partial charge in [-0.1, -0.05) is 52.7 Å². The molecule has 0 spiro atoms. The molecule has 1 aromatic heterocycles. The average molecular weight is 331 g/mol. The number of aromatic nitrogens is 1. The zero-order valence-corrected chi connectivity index (χ0v) is 13.2. The highest BCUT2D eigenvalue weighted by molar-refractivity contribution is 7.18. The van der Waals surface area contributed by atoms with Gasteiger partial charge in [0.2, 0.25) is 0 Å². The van der Waals surface area contributed by atoms with E-state index >= 15 is 0 Å². The first kappa shape index (κ1) is 15.1. The fourth-order valence-corrected chi connectivity index (χ4v) is 2.98. The van der Waals surface area contributed by atoms with Gasteiger partial charge in [0.15, 0.2) is 15.2 Å². The van der Waals surface area contributed by atoms with Crippen molar-refractivity contribution in [1.82, 2.24) is 4.98 Å². The summed E-state index contributed by atoms with van der Waals surface area (Å²) in [6.45, 7) is 0.574. The normalized spacial score (nSPS) is 10.4. The molecule has 0 saturated carbocycles. The van der Waals surface area contributed by atoms with Gasteiger partial charge in [0, 0.05) is 18.6 Å². The largest absolute Gasteiger partial charge is 0.465 e. The molecular formula is C13H12Cl2N2O2S. The molecule has 7 heteroatoms. The van der Waals surface area contributed by atoms with E-state index in [0.717, 1.165) is 5.56 Å². The summed E-state index contributed by atoms with van der Waals surface area (Å²) in [5.74, 6) is -0.482. The Morgan fingerprint density at radius 3 is 2.75 bits per heavy atom. The summed E-state index contributed by atoms with van der Waals surface area (Å²) in [6, 6.07) is 7.57. The lowest BCUT2D eigenvalue weighted by Gasteiger charge is -2.16. The Morgan fingerprint density at radius 1 is 1.40 bits per heavy atom. The van der Waals surface area contributed by atoms with Gasteiger partial charge in [-0.2, -0.15) is 0 Å². The molecule has 0 unspecified atom stereocenters. The van der Waals surface area contributed by atoms with Crippen LogP contribution in [0.1, 0.15) is 15.2 Å². The Labute approximate surface area is 130 Å². The van der Waals surface area contributed by atoms with E-state index < -0.39 is 5.97 Å². The SMILES string of the molecule is COC(=O)c1sc(N(C)Cc2ccccc2Cl)nc1Cl. The fraction of sp³-hybridized carbons (Fsp3) is 0.231. The van der Waals surface area contributed by atoms with Gasteiger partial charge in [0.25, 0.3) is 0 Å². The number of halogens is 2. The maximum absolute atomic E-state index is 11.5. The van der Waals surface area contributed by atoms with Crippen molar-refractivity contribution in [2.45, 2.75) is 6.54 Å². The minimum absolute atomic E-state index is 0.155. The van der Waals surface area contributed by atoms with Crippen molar-refractivity contribution in [3.05, 3.63) is 44.9 Å². The van der Waals surface area contributed by atoms with Crippen LogP contribution in [-0.2, 0) is 11.3 Å². The highest BCUT2D eigenvalue weighted by Crippen LogP contribution is 2.31. The third-order valence-electron chi connectivity index (χ3n) is 2.64. The van der Waals surface area contributed by atoms with E-state index in [-0.39, 0.29) is 5.15 Å². The number of anilines is 1. The highest BCUT2D eigenvalue weighted by Gasteiger charge is 2.19. The van der Waals surface area contributed by atoms with Gasteiger partial charge in [-0.25, -0.2) is 9.78 Å². The fourth-order valence-electron chi connectivity index (χ4n) is 1.62. The van der Waals surface area contributed by atoms with E-state index in [1.54, 1.807) is 0 Å². The first-order valence-electron chi connectivity index (χ1n) is 5.72. The lowest BCUT2D eigenvalue weighted by atomic mass is 10.2. The van der Waals surface area contributed by atoms with Crippen molar-refractivity contribution >= 4 is 45.6 Å². The number of ether oxygens (including phenoxy) is 1. The number of thiazole rings is 1. The van der Waals surface area contributed by atoms with E-state index in [0.29, 0.717) is 21.6 Å². The molecule has 2 aromatic rings. The number of hydrogen-bond acceptors (Lipinski definition) is 5. The van der Waals surface area contributed by atoms with Crippen LogP contribution in [0.5, 0.6) is 0 Å². The molecule has 20 heavy (non-hydrogen) atoms.